The molecule has 0 aromatic rings. The van der Waals surface area contributed by atoms with Gasteiger partial charge >= 0.3 is 5.97 Å². The lowest BCUT2D eigenvalue weighted by Gasteiger charge is -2.22. The summed E-state index contributed by atoms with van der Waals surface area (Å²) >= 11 is 0. The largest absolute Gasteiger partial charge is 0.466 e. The van der Waals surface area contributed by atoms with E-state index in [4.69, 9.17) is 4.74 Å². The van der Waals surface area contributed by atoms with E-state index in [1.165, 1.54) is 347 Å². The third kappa shape index (κ3) is 71.0. The van der Waals surface area contributed by atoms with Gasteiger partial charge in [-0.2, -0.15) is 0 Å². The van der Waals surface area contributed by atoms with Crippen LogP contribution in [0.15, 0.2) is 36.5 Å². The van der Waals surface area contributed by atoms with Crippen molar-refractivity contribution in [3.8, 4) is 0 Å². The first-order chi connectivity index (χ1) is 42.0. The second-order valence-corrected chi connectivity index (χ2v) is 26.7. The van der Waals surface area contributed by atoms with Crippen molar-refractivity contribution in [1.82, 2.24) is 5.32 Å². The maximum absolute atomic E-state index is 12.5. The van der Waals surface area contributed by atoms with Gasteiger partial charge in [0, 0.05) is 12.8 Å². The number of aliphatic hydroxyl groups excluding tert-OH is 2. The van der Waals surface area contributed by atoms with Crippen molar-refractivity contribution < 1.29 is 24.5 Å². The molecule has 0 spiro atoms. The number of allylic oxidation sites excluding steroid dienone is 6. The molecule has 0 bridgehead atoms. The molecule has 6 heteroatoms. The number of ether oxygens (including phenoxy) is 1. The number of amides is 1. The Bertz CT molecular complexity index is 1380. The van der Waals surface area contributed by atoms with Crippen LogP contribution in [0.1, 0.15) is 431 Å². The molecular weight excluding hydrogens is 1040 g/mol. The average Bonchev–Trinajstić information content (AvgIpc) is 3.51. The van der Waals surface area contributed by atoms with Crippen LogP contribution in [0, 0.1) is 0 Å². The van der Waals surface area contributed by atoms with E-state index in [0.717, 1.165) is 51.4 Å². The molecule has 0 heterocycles. The minimum atomic E-state index is -0.659. The van der Waals surface area contributed by atoms with E-state index in [0.29, 0.717) is 25.9 Å². The summed E-state index contributed by atoms with van der Waals surface area (Å²) < 4.78 is 5.51. The van der Waals surface area contributed by atoms with Crippen molar-refractivity contribution in [2.75, 3.05) is 13.2 Å². The molecule has 0 rings (SSSR count). The summed E-state index contributed by atoms with van der Waals surface area (Å²) in [6, 6.07) is -0.536. The fourth-order valence-corrected chi connectivity index (χ4v) is 12.3. The molecule has 0 aromatic carbocycles. The Hall–Kier alpha value is -1.92. The summed E-state index contributed by atoms with van der Waals surface area (Å²) in [6.45, 7) is 4.96. The quantitative estimate of drug-likeness (QED) is 0.0320. The van der Waals surface area contributed by atoms with E-state index in [-0.39, 0.29) is 18.5 Å². The fourth-order valence-electron chi connectivity index (χ4n) is 12.3. The summed E-state index contributed by atoms with van der Waals surface area (Å²) in [7, 11) is 0. The van der Waals surface area contributed by atoms with Crippen molar-refractivity contribution >= 4 is 11.9 Å². The lowest BCUT2D eigenvalue weighted by Crippen LogP contribution is -2.45. The molecule has 3 N–H and O–H groups in total. The summed E-state index contributed by atoms with van der Waals surface area (Å²) in [6.07, 6.45) is 96.8. The zero-order valence-electron chi connectivity index (χ0n) is 57.6. The predicted molar refractivity (Wildman–Crippen MR) is 375 cm³/mol. The van der Waals surface area contributed by atoms with E-state index in [9.17, 15) is 19.8 Å². The number of esters is 1. The summed E-state index contributed by atoms with van der Waals surface area (Å²) in [4.78, 5) is 24.6. The van der Waals surface area contributed by atoms with Gasteiger partial charge in [0.15, 0.2) is 0 Å². The van der Waals surface area contributed by atoms with Crippen molar-refractivity contribution in [1.29, 1.82) is 0 Å². The minimum absolute atomic E-state index is 0.0156. The lowest BCUT2D eigenvalue weighted by molar-refractivity contribution is -0.143. The van der Waals surface area contributed by atoms with Gasteiger partial charge in [-0.25, -0.2) is 0 Å². The number of nitrogens with one attached hydrogen (secondary N) is 1. The first-order valence-electron chi connectivity index (χ1n) is 38.7. The molecule has 0 radical (unpaired) electrons. The normalized spacial score (nSPS) is 12.7. The Morgan fingerprint density at radius 1 is 0.329 bits per heavy atom. The Kier molecular flexibility index (Phi) is 72.9. The smallest absolute Gasteiger partial charge is 0.305 e. The van der Waals surface area contributed by atoms with Gasteiger partial charge in [0.05, 0.1) is 25.4 Å². The molecule has 0 aromatic heterocycles. The van der Waals surface area contributed by atoms with Crippen LogP contribution in [0.25, 0.3) is 0 Å². The van der Waals surface area contributed by atoms with Gasteiger partial charge in [0.1, 0.15) is 0 Å². The molecule has 0 aliphatic carbocycles. The number of unbranched alkanes of at least 4 members (excludes halogenated alkanes) is 56. The topological polar surface area (TPSA) is 95.9 Å². The van der Waals surface area contributed by atoms with E-state index in [1.807, 2.05) is 0 Å². The van der Waals surface area contributed by atoms with E-state index >= 15 is 0 Å². The zero-order chi connectivity index (χ0) is 61.3. The standard InChI is InChI=1S/C79H151NO5/c1-3-5-7-9-11-13-15-16-17-18-43-46-49-53-57-61-65-69-73-79(84)85-74-70-66-62-58-54-50-47-44-41-39-37-35-33-31-29-27-25-23-21-19-20-22-24-26-28-30-32-34-36-38-40-42-45-48-52-56-60-64-68-72-78(83)80-76(75-81)77(82)71-67-63-59-55-51-14-12-10-8-6-4-2/h13,15,17-20,76-77,81-82H,3-12,14,16,21-75H2,1-2H3,(H,80,83)/b15-13-,18-17-,20-19-. The van der Waals surface area contributed by atoms with Crippen LogP contribution in [0.3, 0.4) is 0 Å². The fraction of sp³-hybridized carbons (Fsp3) is 0.899. The molecule has 2 atom stereocenters. The molecule has 85 heavy (non-hydrogen) atoms. The van der Waals surface area contributed by atoms with Crippen LogP contribution in [0.5, 0.6) is 0 Å². The molecule has 0 fully saturated rings. The summed E-state index contributed by atoms with van der Waals surface area (Å²) in [5.41, 5.74) is 0. The van der Waals surface area contributed by atoms with Crippen LogP contribution in [-0.4, -0.2) is 47.4 Å². The molecule has 2 unspecified atom stereocenters. The van der Waals surface area contributed by atoms with Gasteiger partial charge < -0.3 is 20.3 Å². The van der Waals surface area contributed by atoms with E-state index in [1.54, 1.807) is 0 Å². The van der Waals surface area contributed by atoms with E-state index in [2.05, 4.69) is 55.6 Å². The molecule has 1 amide bonds. The third-order valence-electron chi connectivity index (χ3n) is 18.2. The minimum Gasteiger partial charge on any atom is -0.466 e. The predicted octanol–water partition coefficient (Wildman–Crippen LogP) is 25.4. The Morgan fingerprint density at radius 2 is 0.588 bits per heavy atom. The van der Waals surface area contributed by atoms with Crippen LogP contribution >= 0.6 is 0 Å². The first-order valence-corrected chi connectivity index (χ1v) is 38.7. The van der Waals surface area contributed by atoms with Gasteiger partial charge in [-0.3, -0.25) is 9.59 Å². The van der Waals surface area contributed by atoms with Gasteiger partial charge in [-0.1, -0.05) is 371 Å². The van der Waals surface area contributed by atoms with Crippen molar-refractivity contribution in [3.05, 3.63) is 36.5 Å². The SMILES string of the molecule is CCCCCC/C=C\C/C=C\CCCCCCCCCC(=O)OCCCCCCCCCCCCCCCCCCCC/C=C\CCCCCCCCCCCCCCCCCCCC(=O)NC(CO)C(O)CCCCCCCCCCCCC. The monoisotopic (exact) mass is 1190 g/mol. The average molecular weight is 1200 g/mol. The molecule has 6 nitrogen and oxygen atoms in total. The summed E-state index contributed by atoms with van der Waals surface area (Å²) in [5.74, 6) is -0.0140. The van der Waals surface area contributed by atoms with Crippen molar-refractivity contribution in [3.63, 3.8) is 0 Å². The van der Waals surface area contributed by atoms with Gasteiger partial charge in [-0.15, -0.1) is 0 Å². The highest BCUT2D eigenvalue weighted by Gasteiger charge is 2.20. The molecule has 502 valence electrons. The maximum atomic E-state index is 12.5. The molecule has 0 aliphatic heterocycles. The van der Waals surface area contributed by atoms with Gasteiger partial charge in [-0.05, 0) is 83.5 Å². The molecular formula is C79H151NO5. The number of carbonyl (C=O) groups is 2. The Balaban J connectivity index is 3.30. The number of hydrogen-bond donors (Lipinski definition) is 3. The molecule has 0 saturated carbocycles. The first kappa shape index (κ1) is 83.1. The number of carbonyl (C=O) groups excluding carboxylic acids is 2. The van der Waals surface area contributed by atoms with Crippen molar-refractivity contribution in [2.45, 2.75) is 443 Å². The number of hydrogen-bond acceptors (Lipinski definition) is 5. The zero-order valence-corrected chi connectivity index (χ0v) is 57.6. The lowest BCUT2D eigenvalue weighted by atomic mass is 10.0. The maximum Gasteiger partial charge on any atom is 0.305 e. The highest BCUT2D eigenvalue weighted by molar-refractivity contribution is 5.76. The molecule has 0 aliphatic rings. The highest BCUT2D eigenvalue weighted by Crippen LogP contribution is 2.19. The van der Waals surface area contributed by atoms with Gasteiger partial charge in [0.25, 0.3) is 0 Å². The second-order valence-electron chi connectivity index (χ2n) is 26.7. The van der Waals surface area contributed by atoms with Crippen LogP contribution < -0.4 is 5.32 Å². The number of rotatable bonds is 73. The summed E-state index contributed by atoms with van der Waals surface area (Å²) in [5, 5.41) is 23.2. The Morgan fingerprint density at radius 3 is 0.918 bits per heavy atom. The molecule has 0 saturated heterocycles. The van der Waals surface area contributed by atoms with Crippen molar-refractivity contribution in [2.24, 2.45) is 0 Å². The highest BCUT2D eigenvalue weighted by atomic mass is 16.5. The third-order valence-corrected chi connectivity index (χ3v) is 18.2. The second kappa shape index (κ2) is 74.5. The van der Waals surface area contributed by atoms with Gasteiger partial charge in [0.2, 0.25) is 5.91 Å². The van der Waals surface area contributed by atoms with Crippen LogP contribution in [-0.2, 0) is 14.3 Å². The number of aliphatic hydroxyl groups is 2. The van der Waals surface area contributed by atoms with Crippen LogP contribution in [0.2, 0.25) is 0 Å². The van der Waals surface area contributed by atoms with E-state index < -0.39 is 12.1 Å². The Labute approximate surface area is 532 Å². The van der Waals surface area contributed by atoms with Crippen LogP contribution in [0.4, 0.5) is 0 Å².